The summed E-state index contributed by atoms with van der Waals surface area (Å²) in [5.41, 5.74) is 0. The molecule has 31 heavy (non-hydrogen) atoms. The average Bonchev–Trinajstić information content (AvgIpc) is 2.75. The Morgan fingerprint density at radius 1 is 0.645 bits per heavy atom. The second kappa shape index (κ2) is 22.1. The molecule has 0 radical (unpaired) electrons. The number of carbonyl (C=O) groups is 2. The van der Waals surface area contributed by atoms with Crippen molar-refractivity contribution in [3.63, 3.8) is 0 Å². The van der Waals surface area contributed by atoms with E-state index < -0.39 is 5.97 Å². The van der Waals surface area contributed by atoms with E-state index in [1.807, 2.05) is 7.05 Å². The normalized spacial score (nSPS) is 12.1. The zero-order valence-electron chi connectivity index (χ0n) is 21.1. The van der Waals surface area contributed by atoms with E-state index in [2.05, 4.69) is 13.8 Å². The maximum absolute atomic E-state index is 12.2. The van der Waals surface area contributed by atoms with E-state index in [9.17, 15) is 14.7 Å². The molecule has 0 heterocycles. The van der Waals surface area contributed by atoms with Crippen molar-refractivity contribution >= 4 is 11.9 Å². The third-order valence-corrected chi connectivity index (χ3v) is 6.49. The Bertz CT molecular complexity index is 425. The van der Waals surface area contributed by atoms with Gasteiger partial charge in [-0.3, -0.25) is 9.59 Å². The fourth-order valence-electron chi connectivity index (χ4n) is 4.17. The molecule has 0 aliphatic heterocycles. The van der Waals surface area contributed by atoms with Crippen LogP contribution in [0.3, 0.4) is 0 Å². The maximum Gasteiger partial charge on any atom is 0.306 e. The van der Waals surface area contributed by atoms with E-state index in [0.29, 0.717) is 19.4 Å². The summed E-state index contributed by atoms with van der Waals surface area (Å²) in [6, 6.07) is 0. The Morgan fingerprint density at radius 2 is 1.06 bits per heavy atom. The topological polar surface area (TPSA) is 57.6 Å². The lowest BCUT2D eigenvalue weighted by Crippen LogP contribution is -2.30. The third kappa shape index (κ3) is 19.4. The van der Waals surface area contributed by atoms with Gasteiger partial charge < -0.3 is 10.0 Å². The number of carboxylic acid groups (broad SMARTS) is 1. The van der Waals surface area contributed by atoms with Gasteiger partial charge in [-0.1, -0.05) is 117 Å². The number of carboxylic acids is 1. The number of carbonyl (C=O) groups excluding carboxylic acids is 1. The summed E-state index contributed by atoms with van der Waals surface area (Å²) in [6.45, 7) is 5.01. The van der Waals surface area contributed by atoms with Crippen molar-refractivity contribution in [1.29, 1.82) is 0 Å². The predicted molar refractivity (Wildman–Crippen MR) is 132 cm³/mol. The van der Waals surface area contributed by atoms with Gasteiger partial charge in [-0.2, -0.15) is 0 Å². The zero-order valence-corrected chi connectivity index (χ0v) is 21.1. The van der Waals surface area contributed by atoms with Crippen molar-refractivity contribution in [2.24, 2.45) is 5.92 Å². The molecule has 0 rings (SSSR count). The minimum Gasteiger partial charge on any atom is -0.481 e. The zero-order chi connectivity index (χ0) is 23.2. The molecule has 0 aliphatic rings. The molecule has 4 heteroatoms. The van der Waals surface area contributed by atoms with Crippen molar-refractivity contribution in [2.45, 2.75) is 142 Å². The number of hydrogen-bond acceptors (Lipinski definition) is 2. The molecule has 1 atom stereocenters. The van der Waals surface area contributed by atoms with E-state index in [-0.39, 0.29) is 11.8 Å². The Kier molecular flexibility index (Phi) is 21.4. The van der Waals surface area contributed by atoms with Crippen LogP contribution in [-0.4, -0.2) is 35.5 Å². The SMILES string of the molecule is CCCCCCCCCCCCCCC(CCN(C)C(=O)CCCCCCC)C(=O)O. The van der Waals surface area contributed by atoms with Crippen molar-refractivity contribution in [3.8, 4) is 0 Å². The molecule has 0 saturated heterocycles. The molecule has 0 aliphatic carbocycles. The Labute approximate surface area is 193 Å². The van der Waals surface area contributed by atoms with Gasteiger partial charge in [0.1, 0.15) is 0 Å². The minimum absolute atomic E-state index is 0.158. The molecule has 0 aromatic carbocycles. The smallest absolute Gasteiger partial charge is 0.306 e. The molecule has 0 aromatic rings. The van der Waals surface area contributed by atoms with E-state index in [1.54, 1.807) is 4.90 Å². The lowest BCUT2D eigenvalue weighted by molar-refractivity contribution is -0.143. The van der Waals surface area contributed by atoms with Crippen LogP contribution in [0.1, 0.15) is 142 Å². The largest absolute Gasteiger partial charge is 0.481 e. The molecule has 0 spiro atoms. The van der Waals surface area contributed by atoms with Crippen molar-refractivity contribution < 1.29 is 14.7 Å². The van der Waals surface area contributed by atoms with E-state index in [4.69, 9.17) is 0 Å². The van der Waals surface area contributed by atoms with Crippen LogP contribution in [0, 0.1) is 5.92 Å². The van der Waals surface area contributed by atoms with Crippen LogP contribution >= 0.6 is 0 Å². The predicted octanol–water partition coefficient (Wildman–Crippen LogP) is 7.99. The summed E-state index contributed by atoms with van der Waals surface area (Å²) in [5.74, 6) is -0.864. The number of hydrogen-bond donors (Lipinski definition) is 1. The summed E-state index contributed by atoms with van der Waals surface area (Å²) < 4.78 is 0. The van der Waals surface area contributed by atoms with Crippen LogP contribution in [-0.2, 0) is 9.59 Å². The van der Waals surface area contributed by atoms with Crippen molar-refractivity contribution in [3.05, 3.63) is 0 Å². The van der Waals surface area contributed by atoms with Gasteiger partial charge in [-0.05, 0) is 19.3 Å². The first-order valence-corrected chi connectivity index (χ1v) is 13.5. The van der Waals surface area contributed by atoms with E-state index >= 15 is 0 Å². The van der Waals surface area contributed by atoms with E-state index in [0.717, 1.165) is 32.1 Å². The Morgan fingerprint density at radius 3 is 1.52 bits per heavy atom. The molecule has 1 amide bonds. The van der Waals surface area contributed by atoms with Gasteiger partial charge in [0.05, 0.1) is 5.92 Å². The van der Waals surface area contributed by atoms with Gasteiger partial charge in [-0.25, -0.2) is 0 Å². The quantitative estimate of drug-likeness (QED) is 0.164. The molecule has 4 nitrogen and oxygen atoms in total. The van der Waals surface area contributed by atoms with Gasteiger partial charge in [0.2, 0.25) is 5.91 Å². The summed E-state index contributed by atoms with van der Waals surface area (Å²) in [7, 11) is 1.82. The second-order valence-electron chi connectivity index (χ2n) is 9.48. The van der Waals surface area contributed by atoms with Gasteiger partial charge in [0.15, 0.2) is 0 Å². The number of aliphatic carboxylic acids is 1. The number of rotatable bonds is 23. The fraction of sp³-hybridized carbons (Fsp3) is 0.926. The molecular weight excluding hydrogens is 386 g/mol. The van der Waals surface area contributed by atoms with Crippen molar-refractivity contribution in [2.75, 3.05) is 13.6 Å². The van der Waals surface area contributed by atoms with Crippen LogP contribution in [0.15, 0.2) is 0 Å². The second-order valence-corrected chi connectivity index (χ2v) is 9.48. The summed E-state index contributed by atoms with van der Waals surface area (Å²) in [6.07, 6.45) is 23.2. The highest BCUT2D eigenvalue weighted by Crippen LogP contribution is 2.17. The van der Waals surface area contributed by atoms with Gasteiger partial charge in [-0.15, -0.1) is 0 Å². The van der Waals surface area contributed by atoms with Gasteiger partial charge in [0.25, 0.3) is 0 Å². The molecule has 1 unspecified atom stereocenters. The molecule has 0 saturated carbocycles. The van der Waals surface area contributed by atoms with Crippen molar-refractivity contribution in [1.82, 2.24) is 4.90 Å². The summed E-state index contributed by atoms with van der Waals surface area (Å²) in [4.78, 5) is 25.5. The highest BCUT2D eigenvalue weighted by molar-refractivity contribution is 5.76. The molecule has 184 valence electrons. The first-order valence-electron chi connectivity index (χ1n) is 13.5. The van der Waals surface area contributed by atoms with Crippen LogP contribution < -0.4 is 0 Å². The lowest BCUT2D eigenvalue weighted by Gasteiger charge is -2.20. The summed E-state index contributed by atoms with van der Waals surface area (Å²) in [5, 5.41) is 9.52. The third-order valence-electron chi connectivity index (χ3n) is 6.49. The first-order chi connectivity index (χ1) is 15.0. The van der Waals surface area contributed by atoms with E-state index in [1.165, 1.54) is 83.5 Å². The Balaban J connectivity index is 3.74. The molecule has 0 aromatic heterocycles. The first kappa shape index (κ1) is 29.9. The molecule has 0 fully saturated rings. The fourth-order valence-corrected chi connectivity index (χ4v) is 4.17. The number of nitrogens with zero attached hydrogens (tertiary/aromatic N) is 1. The Hall–Kier alpha value is -1.06. The van der Waals surface area contributed by atoms with Crippen LogP contribution in [0.4, 0.5) is 0 Å². The summed E-state index contributed by atoms with van der Waals surface area (Å²) >= 11 is 0. The van der Waals surface area contributed by atoms with Gasteiger partial charge >= 0.3 is 5.97 Å². The molecule has 1 N–H and O–H groups in total. The van der Waals surface area contributed by atoms with Crippen LogP contribution in [0.5, 0.6) is 0 Å². The van der Waals surface area contributed by atoms with Crippen LogP contribution in [0.2, 0.25) is 0 Å². The van der Waals surface area contributed by atoms with Crippen LogP contribution in [0.25, 0.3) is 0 Å². The highest BCUT2D eigenvalue weighted by atomic mass is 16.4. The maximum atomic E-state index is 12.2. The standard InChI is InChI=1S/C27H53NO3/c1-4-6-8-10-11-12-13-14-15-16-18-19-21-25(27(30)31)23-24-28(3)26(29)22-20-17-9-7-5-2/h25H,4-24H2,1-3H3,(H,30,31). The lowest BCUT2D eigenvalue weighted by atomic mass is 9.96. The average molecular weight is 440 g/mol. The minimum atomic E-state index is -0.705. The molecule has 0 bridgehead atoms. The number of unbranched alkanes of at least 4 members (excludes halogenated alkanes) is 15. The van der Waals surface area contributed by atoms with Gasteiger partial charge in [0, 0.05) is 20.0 Å². The number of amides is 1. The molecular formula is C27H53NO3. The monoisotopic (exact) mass is 439 g/mol. The highest BCUT2D eigenvalue weighted by Gasteiger charge is 2.19.